The summed E-state index contributed by atoms with van der Waals surface area (Å²) < 4.78 is 6.78. The second-order valence-electron chi connectivity index (χ2n) is 5.05. The number of benzene rings is 1. The third kappa shape index (κ3) is 2.95. The zero-order chi connectivity index (χ0) is 16.4. The number of aromatic nitrogens is 2. The summed E-state index contributed by atoms with van der Waals surface area (Å²) in [6.07, 6.45) is 3.13. The monoisotopic (exact) mass is 329 g/mol. The van der Waals surface area contributed by atoms with Gasteiger partial charge < -0.3 is 14.7 Å². The normalized spacial score (nSPS) is 10.8. The van der Waals surface area contributed by atoms with Crippen molar-refractivity contribution in [2.45, 2.75) is 20.0 Å². The van der Waals surface area contributed by atoms with Crippen LogP contribution in [0.5, 0.6) is 0 Å². The van der Waals surface area contributed by atoms with Gasteiger partial charge in [0.25, 0.3) is 11.5 Å². The molecule has 0 aliphatic heterocycles. The van der Waals surface area contributed by atoms with Crippen LogP contribution in [0.15, 0.2) is 46.0 Å². The van der Waals surface area contributed by atoms with Crippen molar-refractivity contribution in [1.82, 2.24) is 14.9 Å². The molecule has 1 amide bonds. The molecule has 6 nitrogen and oxygen atoms in total. The van der Waals surface area contributed by atoms with E-state index in [0.717, 1.165) is 5.56 Å². The third-order valence-electron chi connectivity index (χ3n) is 3.59. The highest BCUT2D eigenvalue weighted by molar-refractivity contribution is 7.71. The summed E-state index contributed by atoms with van der Waals surface area (Å²) in [5.41, 5.74) is 1.74. The Labute approximate surface area is 136 Å². The van der Waals surface area contributed by atoms with E-state index in [1.807, 2.05) is 6.92 Å². The molecule has 0 saturated carbocycles. The molecule has 0 unspecified atom stereocenters. The fourth-order valence-electron chi connectivity index (χ4n) is 2.36. The van der Waals surface area contributed by atoms with Gasteiger partial charge in [0.05, 0.1) is 23.4 Å². The molecule has 0 fully saturated rings. The Morgan fingerprint density at radius 3 is 2.91 bits per heavy atom. The third-order valence-corrected chi connectivity index (χ3v) is 3.92. The number of hydrogen-bond acceptors (Lipinski definition) is 4. The lowest BCUT2D eigenvalue weighted by Gasteiger charge is -2.07. The van der Waals surface area contributed by atoms with E-state index in [0.29, 0.717) is 34.3 Å². The first kappa shape index (κ1) is 15.2. The Hall–Kier alpha value is -2.67. The topological polar surface area (TPSA) is 80.0 Å². The molecule has 0 radical (unpaired) electrons. The van der Waals surface area contributed by atoms with Gasteiger partial charge in [0.15, 0.2) is 4.77 Å². The van der Waals surface area contributed by atoms with Crippen LogP contribution in [0.2, 0.25) is 0 Å². The number of H-pyrrole nitrogens is 1. The maximum absolute atomic E-state index is 12.3. The van der Waals surface area contributed by atoms with E-state index >= 15 is 0 Å². The zero-order valence-electron chi connectivity index (χ0n) is 12.5. The number of amides is 1. The predicted octanol–water partition coefficient (Wildman–Crippen LogP) is 2.60. The van der Waals surface area contributed by atoms with E-state index in [-0.39, 0.29) is 11.5 Å². The van der Waals surface area contributed by atoms with Crippen molar-refractivity contribution in [2.24, 2.45) is 0 Å². The number of carbonyl (C=O) groups is 1. The van der Waals surface area contributed by atoms with Gasteiger partial charge in [-0.1, -0.05) is 0 Å². The van der Waals surface area contributed by atoms with Crippen molar-refractivity contribution in [3.8, 4) is 0 Å². The second-order valence-corrected chi connectivity index (χ2v) is 5.44. The van der Waals surface area contributed by atoms with E-state index in [9.17, 15) is 9.59 Å². The van der Waals surface area contributed by atoms with Gasteiger partial charge in [0.1, 0.15) is 0 Å². The molecular formula is C16H15N3O3S. The molecule has 1 aromatic carbocycles. The number of hydrogen-bond donors (Lipinski definition) is 2. The van der Waals surface area contributed by atoms with Crippen LogP contribution in [0.1, 0.15) is 22.8 Å². The molecule has 23 heavy (non-hydrogen) atoms. The van der Waals surface area contributed by atoms with Crippen molar-refractivity contribution < 1.29 is 9.21 Å². The Morgan fingerprint density at radius 2 is 2.22 bits per heavy atom. The van der Waals surface area contributed by atoms with E-state index in [1.54, 1.807) is 36.8 Å². The number of rotatable bonds is 4. The van der Waals surface area contributed by atoms with Crippen molar-refractivity contribution in [2.75, 3.05) is 0 Å². The molecule has 3 rings (SSSR count). The minimum atomic E-state index is -0.230. The predicted molar refractivity (Wildman–Crippen MR) is 88.9 cm³/mol. The van der Waals surface area contributed by atoms with Gasteiger partial charge in [0, 0.05) is 24.2 Å². The number of fused-ring (bicyclic) bond motifs is 1. The maximum Gasteiger partial charge on any atom is 0.262 e. The smallest absolute Gasteiger partial charge is 0.262 e. The molecule has 2 aromatic heterocycles. The van der Waals surface area contributed by atoms with Crippen LogP contribution >= 0.6 is 12.2 Å². The fourth-order valence-corrected chi connectivity index (χ4v) is 2.68. The van der Waals surface area contributed by atoms with Crippen molar-refractivity contribution in [3.63, 3.8) is 0 Å². The molecule has 118 valence electrons. The van der Waals surface area contributed by atoms with Gasteiger partial charge in [-0.15, -0.1) is 0 Å². The number of carbonyl (C=O) groups excluding carboxylic acids is 1. The Morgan fingerprint density at radius 1 is 1.39 bits per heavy atom. The largest absolute Gasteiger partial charge is 0.472 e. The van der Waals surface area contributed by atoms with Gasteiger partial charge in [-0.2, -0.15) is 0 Å². The molecule has 0 spiro atoms. The Kier molecular flexibility index (Phi) is 4.12. The van der Waals surface area contributed by atoms with Crippen LogP contribution < -0.4 is 10.9 Å². The molecule has 0 aliphatic rings. The minimum Gasteiger partial charge on any atom is -0.472 e. The van der Waals surface area contributed by atoms with E-state index in [4.69, 9.17) is 16.6 Å². The average Bonchev–Trinajstić information content (AvgIpc) is 3.06. The lowest BCUT2D eigenvalue weighted by atomic mass is 10.1. The van der Waals surface area contributed by atoms with Crippen LogP contribution in [0.3, 0.4) is 0 Å². The highest BCUT2D eigenvalue weighted by Gasteiger charge is 2.10. The van der Waals surface area contributed by atoms with Gasteiger partial charge >= 0.3 is 0 Å². The Balaban J connectivity index is 1.92. The molecule has 2 heterocycles. The minimum absolute atomic E-state index is 0.156. The number of nitrogens with one attached hydrogen (secondary N) is 2. The lowest BCUT2D eigenvalue weighted by molar-refractivity contribution is 0.0951. The standard InChI is InChI=1S/C16H15N3O3S/c1-2-19-15(21)12-4-3-11(7-13(12)18-16(19)23)14(20)17-8-10-5-6-22-9-10/h3-7,9H,2,8H2,1H3,(H,17,20)(H,18,23). The van der Waals surface area contributed by atoms with Crippen molar-refractivity contribution in [1.29, 1.82) is 0 Å². The van der Waals surface area contributed by atoms with E-state index in [1.165, 1.54) is 4.57 Å². The molecule has 0 atom stereocenters. The molecule has 0 saturated heterocycles. The number of furan rings is 1. The number of nitrogens with zero attached hydrogens (tertiary/aromatic N) is 1. The summed E-state index contributed by atoms with van der Waals surface area (Å²) in [6.45, 7) is 2.73. The van der Waals surface area contributed by atoms with Crippen LogP contribution in [0, 0.1) is 4.77 Å². The first-order valence-electron chi connectivity index (χ1n) is 7.16. The summed E-state index contributed by atoms with van der Waals surface area (Å²) in [6, 6.07) is 6.69. The van der Waals surface area contributed by atoms with Crippen molar-refractivity contribution in [3.05, 3.63) is 63.0 Å². The Bertz CT molecular complexity index is 970. The maximum atomic E-state index is 12.3. The molecule has 3 aromatic rings. The van der Waals surface area contributed by atoms with Crippen LogP contribution in [0.4, 0.5) is 0 Å². The number of aromatic amines is 1. The summed E-state index contributed by atoms with van der Waals surface area (Å²) in [7, 11) is 0. The van der Waals surface area contributed by atoms with Crippen LogP contribution in [0.25, 0.3) is 10.9 Å². The first-order valence-corrected chi connectivity index (χ1v) is 7.57. The second kappa shape index (κ2) is 6.21. The molecular weight excluding hydrogens is 314 g/mol. The highest BCUT2D eigenvalue weighted by atomic mass is 32.1. The van der Waals surface area contributed by atoms with Crippen molar-refractivity contribution >= 4 is 29.0 Å². The van der Waals surface area contributed by atoms with E-state index in [2.05, 4.69) is 10.3 Å². The molecule has 7 heteroatoms. The summed E-state index contributed by atoms with van der Waals surface area (Å²) in [5.74, 6) is -0.230. The fraction of sp³-hybridized carbons (Fsp3) is 0.188. The highest BCUT2D eigenvalue weighted by Crippen LogP contribution is 2.11. The molecule has 0 bridgehead atoms. The summed E-state index contributed by atoms with van der Waals surface area (Å²) in [5, 5.41) is 3.30. The van der Waals surface area contributed by atoms with Crippen LogP contribution in [-0.2, 0) is 13.1 Å². The molecule has 2 N–H and O–H groups in total. The van der Waals surface area contributed by atoms with Gasteiger partial charge in [-0.05, 0) is 43.4 Å². The first-order chi connectivity index (χ1) is 11.1. The van der Waals surface area contributed by atoms with Gasteiger partial charge in [-0.25, -0.2) is 0 Å². The summed E-state index contributed by atoms with van der Waals surface area (Å²) >= 11 is 5.18. The SMILES string of the molecule is CCn1c(=S)[nH]c2cc(C(=O)NCc3ccoc3)ccc2c1=O. The zero-order valence-corrected chi connectivity index (χ0v) is 13.3. The lowest BCUT2D eigenvalue weighted by Crippen LogP contribution is -2.24. The van der Waals surface area contributed by atoms with Gasteiger partial charge in [-0.3, -0.25) is 14.2 Å². The molecule has 0 aliphatic carbocycles. The van der Waals surface area contributed by atoms with Gasteiger partial charge in [0.2, 0.25) is 0 Å². The van der Waals surface area contributed by atoms with Crippen LogP contribution in [-0.4, -0.2) is 15.5 Å². The quantitative estimate of drug-likeness (QED) is 0.721. The summed E-state index contributed by atoms with van der Waals surface area (Å²) in [4.78, 5) is 27.5. The van der Waals surface area contributed by atoms with E-state index < -0.39 is 0 Å². The average molecular weight is 329 g/mol.